The maximum absolute atomic E-state index is 15.0. The summed E-state index contributed by atoms with van der Waals surface area (Å²) < 4.78 is 118. The van der Waals surface area contributed by atoms with Crippen molar-refractivity contribution in [3.8, 4) is 5.75 Å². The molecule has 0 heterocycles. The SMILES string of the molecule is CC(C)(CO)Oc1cc([C@@](Cc2ccccc2)(NC(=O)c2cccc(C(F)(F)F)c2)c2cc(F)cc(C(F)(F)F)c2)ccc1F. The van der Waals surface area contributed by atoms with Crippen molar-refractivity contribution in [2.24, 2.45) is 0 Å². The second kappa shape index (κ2) is 12.5. The fraction of sp³-hybridized carbons (Fsp3) is 0.242. The van der Waals surface area contributed by atoms with E-state index >= 15 is 4.39 Å². The number of ether oxygens (including phenoxy) is 1. The molecule has 0 saturated heterocycles. The molecule has 0 radical (unpaired) electrons. The van der Waals surface area contributed by atoms with E-state index in [0.717, 1.165) is 42.5 Å². The zero-order valence-electron chi connectivity index (χ0n) is 23.9. The molecule has 2 N–H and O–H groups in total. The molecule has 0 aliphatic heterocycles. The summed E-state index contributed by atoms with van der Waals surface area (Å²) in [5.74, 6) is -3.83. The van der Waals surface area contributed by atoms with E-state index in [0.29, 0.717) is 17.7 Å². The molecular weight excluding hydrogens is 610 g/mol. The average molecular weight is 638 g/mol. The van der Waals surface area contributed by atoms with Crippen LogP contribution in [0, 0.1) is 11.6 Å². The number of halogens is 8. The van der Waals surface area contributed by atoms with Crippen LogP contribution in [0.4, 0.5) is 35.1 Å². The second-order valence-corrected chi connectivity index (χ2v) is 11.0. The van der Waals surface area contributed by atoms with Crippen molar-refractivity contribution >= 4 is 5.91 Å². The standard InChI is InChI=1S/C33H27F8NO3/c1-30(2,19-43)45-28-17-22(11-12-27(28)35)31(18-20-7-4-3-5-8-20,24-14-25(33(39,40)41)16-26(34)15-24)42-29(44)21-9-6-10-23(13-21)32(36,37)38/h3-17,43H,18-19H2,1-2H3,(H,42,44)/t31-/m1/s1. The van der Waals surface area contributed by atoms with E-state index in [1.54, 1.807) is 30.3 Å². The Bertz CT molecular complexity index is 1670. The van der Waals surface area contributed by atoms with Gasteiger partial charge in [-0.3, -0.25) is 4.79 Å². The van der Waals surface area contributed by atoms with E-state index in [9.17, 15) is 40.6 Å². The second-order valence-electron chi connectivity index (χ2n) is 11.0. The summed E-state index contributed by atoms with van der Waals surface area (Å²) in [6.45, 7) is 2.32. The van der Waals surface area contributed by atoms with Crippen molar-refractivity contribution in [1.29, 1.82) is 0 Å². The van der Waals surface area contributed by atoms with Crippen molar-refractivity contribution in [3.05, 3.63) is 136 Å². The Hall–Kier alpha value is -4.45. The van der Waals surface area contributed by atoms with Gasteiger partial charge in [0.1, 0.15) is 11.4 Å². The fourth-order valence-electron chi connectivity index (χ4n) is 4.74. The first-order valence-corrected chi connectivity index (χ1v) is 13.5. The summed E-state index contributed by atoms with van der Waals surface area (Å²) in [6.07, 6.45) is -10.2. The minimum Gasteiger partial charge on any atom is -0.482 e. The zero-order valence-corrected chi connectivity index (χ0v) is 23.9. The van der Waals surface area contributed by atoms with Gasteiger partial charge >= 0.3 is 12.4 Å². The third kappa shape index (κ3) is 7.80. The highest BCUT2D eigenvalue weighted by Crippen LogP contribution is 2.40. The van der Waals surface area contributed by atoms with E-state index in [2.05, 4.69) is 5.32 Å². The van der Waals surface area contributed by atoms with Gasteiger partial charge in [-0.1, -0.05) is 42.5 Å². The molecule has 0 unspecified atom stereocenters. The summed E-state index contributed by atoms with van der Waals surface area (Å²) >= 11 is 0. The molecular formula is C33H27F8NO3. The number of rotatable bonds is 9. The fourth-order valence-corrected chi connectivity index (χ4v) is 4.74. The van der Waals surface area contributed by atoms with Crippen molar-refractivity contribution in [1.82, 2.24) is 5.32 Å². The highest BCUT2D eigenvalue weighted by atomic mass is 19.4. The van der Waals surface area contributed by atoms with E-state index in [-0.39, 0.29) is 18.1 Å². The first-order chi connectivity index (χ1) is 20.9. The van der Waals surface area contributed by atoms with Gasteiger partial charge in [0.25, 0.3) is 5.91 Å². The lowest BCUT2D eigenvalue weighted by Crippen LogP contribution is -2.49. The van der Waals surface area contributed by atoms with Crippen molar-refractivity contribution in [2.45, 2.75) is 43.8 Å². The quantitative estimate of drug-likeness (QED) is 0.183. The first-order valence-electron chi connectivity index (χ1n) is 13.5. The van der Waals surface area contributed by atoms with E-state index in [4.69, 9.17) is 4.74 Å². The lowest BCUT2D eigenvalue weighted by Gasteiger charge is -2.37. The van der Waals surface area contributed by atoms with Gasteiger partial charge in [0.2, 0.25) is 0 Å². The predicted octanol–water partition coefficient (Wildman–Crippen LogP) is 8.07. The molecule has 238 valence electrons. The van der Waals surface area contributed by atoms with Gasteiger partial charge in [-0.25, -0.2) is 8.78 Å². The molecule has 4 rings (SSSR count). The first kappa shape index (κ1) is 33.4. The molecule has 1 atom stereocenters. The highest BCUT2D eigenvalue weighted by molar-refractivity contribution is 5.95. The van der Waals surface area contributed by atoms with Crippen LogP contribution >= 0.6 is 0 Å². The third-order valence-electron chi connectivity index (χ3n) is 7.00. The Morgan fingerprint density at radius 1 is 0.733 bits per heavy atom. The van der Waals surface area contributed by atoms with Crippen LogP contribution in [0.15, 0.2) is 91.0 Å². The van der Waals surface area contributed by atoms with Gasteiger partial charge in [-0.2, -0.15) is 26.3 Å². The molecule has 0 aromatic heterocycles. The number of nitrogens with one attached hydrogen (secondary N) is 1. The van der Waals surface area contributed by atoms with Gasteiger partial charge < -0.3 is 15.2 Å². The molecule has 0 bridgehead atoms. The molecule has 0 spiro atoms. The average Bonchev–Trinajstić information content (AvgIpc) is 2.97. The molecule has 0 saturated carbocycles. The molecule has 4 aromatic rings. The van der Waals surface area contributed by atoms with E-state index in [1.807, 2.05) is 0 Å². The Kier molecular flexibility index (Phi) is 9.30. The van der Waals surface area contributed by atoms with Gasteiger partial charge in [0.15, 0.2) is 11.6 Å². The predicted molar refractivity (Wildman–Crippen MR) is 149 cm³/mol. The Labute approximate surface area is 253 Å². The van der Waals surface area contributed by atoms with Crippen LogP contribution in [0.25, 0.3) is 0 Å². The topological polar surface area (TPSA) is 58.6 Å². The van der Waals surface area contributed by atoms with Gasteiger partial charge in [-0.15, -0.1) is 0 Å². The van der Waals surface area contributed by atoms with Gasteiger partial charge in [0, 0.05) is 12.0 Å². The number of carbonyl (C=O) groups excluding carboxylic acids is 1. The summed E-state index contributed by atoms with van der Waals surface area (Å²) in [6, 6.07) is 16.1. The van der Waals surface area contributed by atoms with E-state index < -0.39 is 75.6 Å². The Balaban J connectivity index is 2.03. The molecule has 4 aromatic carbocycles. The molecule has 0 aliphatic rings. The number of carbonyl (C=O) groups is 1. The van der Waals surface area contributed by atoms with Crippen molar-refractivity contribution < 1.29 is 49.8 Å². The third-order valence-corrected chi connectivity index (χ3v) is 7.00. The molecule has 4 nitrogen and oxygen atoms in total. The van der Waals surface area contributed by atoms with Crippen molar-refractivity contribution in [3.63, 3.8) is 0 Å². The van der Waals surface area contributed by atoms with Crippen molar-refractivity contribution in [2.75, 3.05) is 6.61 Å². The summed E-state index contributed by atoms with van der Waals surface area (Å²) in [5, 5.41) is 12.2. The molecule has 0 aliphatic carbocycles. The lowest BCUT2D eigenvalue weighted by atomic mass is 9.77. The van der Waals surface area contributed by atoms with Crippen LogP contribution in [0.5, 0.6) is 5.75 Å². The minimum atomic E-state index is -5.03. The minimum absolute atomic E-state index is 0.0875. The van der Waals surface area contributed by atoms with Crippen LogP contribution in [-0.4, -0.2) is 23.2 Å². The summed E-state index contributed by atoms with van der Waals surface area (Å²) in [4.78, 5) is 13.7. The lowest BCUT2D eigenvalue weighted by molar-refractivity contribution is -0.138. The zero-order chi connectivity index (χ0) is 33.2. The number of benzene rings is 4. The number of hydrogen-bond acceptors (Lipinski definition) is 3. The summed E-state index contributed by atoms with van der Waals surface area (Å²) in [5.41, 5.74) is -6.61. The Morgan fingerprint density at radius 3 is 2.00 bits per heavy atom. The smallest absolute Gasteiger partial charge is 0.416 e. The van der Waals surface area contributed by atoms with Crippen LogP contribution in [0.2, 0.25) is 0 Å². The van der Waals surface area contributed by atoms with Crippen LogP contribution in [0.3, 0.4) is 0 Å². The maximum atomic E-state index is 15.0. The van der Waals surface area contributed by atoms with Crippen LogP contribution < -0.4 is 10.1 Å². The highest BCUT2D eigenvalue weighted by Gasteiger charge is 2.41. The van der Waals surface area contributed by atoms with Crippen LogP contribution in [-0.2, 0) is 24.3 Å². The molecule has 45 heavy (non-hydrogen) atoms. The molecule has 1 amide bonds. The number of amides is 1. The molecule has 12 heteroatoms. The largest absolute Gasteiger partial charge is 0.482 e. The monoisotopic (exact) mass is 637 g/mol. The van der Waals surface area contributed by atoms with Gasteiger partial charge in [0.05, 0.1) is 23.3 Å². The number of aliphatic hydroxyl groups is 1. The van der Waals surface area contributed by atoms with E-state index in [1.165, 1.54) is 13.8 Å². The summed E-state index contributed by atoms with van der Waals surface area (Å²) in [7, 11) is 0. The number of hydrogen-bond donors (Lipinski definition) is 2. The normalized spacial score (nSPS) is 13.7. The number of aliphatic hydroxyl groups excluding tert-OH is 1. The maximum Gasteiger partial charge on any atom is 0.416 e. The number of alkyl halides is 6. The van der Waals surface area contributed by atoms with Gasteiger partial charge in [-0.05, 0) is 79.1 Å². The van der Waals surface area contributed by atoms with Crippen LogP contribution in [0.1, 0.15) is 52.0 Å². The molecule has 0 fully saturated rings. The Morgan fingerprint density at radius 2 is 1.38 bits per heavy atom.